The van der Waals surface area contributed by atoms with Gasteiger partial charge in [0.2, 0.25) is 0 Å². The summed E-state index contributed by atoms with van der Waals surface area (Å²) >= 11 is 0. The first-order valence-corrected chi connectivity index (χ1v) is 3.93. The van der Waals surface area contributed by atoms with Crippen LogP contribution in [0.25, 0.3) is 0 Å². The van der Waals surface area contributed by atoms with Crippen LogP contribution in [0.3, 0.4) is 0 Å². The van der Waals surface area contributed by atoms with Crippen molar-refractivity contribution in [3.8, 4) is 0 Å². The molecule has 0 aliphatic rings. The summed E-state index contributed by atoms with van der Waals surface area (Å²) < 4.78 is 0. The highest BCUT2D eigenvalue weighted by atomic mass is 14.8. The van der Waals surface area contributed by atoms with Crippen molar-refractivity contribution in [2.75, 3.05) is 13.6 Å². The Kier molecular flexibility index (Phi) is 6.75. The highest BCUT2D eigenvalue weighted by Gasteiger charge is 1.89. The first kappa shape index (κ1) is 10.2. The van der Waals surface area contributed by atoms with Gasteiger partial charge in [0.1, 0.15) is 0 Å². The number of hydrogen-bond acceptors (Lipinski definition) is 1. The summed E-state index contributed by atoms with van der Waals surface area (Å²) in [5.41, 5.74) is 1.26. The van der Waals surface area contributed by atoms with Crippen molar-refractivity contribution in [2.24, 2.45) is 0 Å². The molecule has 1 N–H and O–H groups in total. The zero-order valence-electron chi connectivity index (χ0n) is 7.27. The van der Waals surface area contributed by atoms with Crippen LogP contribution in [0.1, 0.15) is 12.8 Å². The van der Waals surface area contributed by atoms with Crippen LogP contribution >= 0.6 is 0 Å². The number of hydrogen-bond donors (Lipinski definition) is 1. The molecule has 0 bridgehead atoms. The highest BCUT2D eigenvalue weighted by molar-refractivity contribution is 5.20. The average Bonchev–Trinajstić information content (AvgIpc) is 2.03. The molecule has 1 nitrogen and oxygen atoms in total. The van der Waals surface area contributed by atoms with E-state index in [0.29, 0.717) is 0 Å². The Balaban J connectivity index is 3.60. The molecule has 0 atom stereocenters. The molecule has 0 aliphatic carbocycles. The third-order valence-corrected chi connectivity index (χ3v) is 1.49. The fourth-order valence-electron chi connectivity index (χ4n) is 0.874. The van der Waals surface area contributed by atoms with E-state index in [1.54, 1.807) is 6.08 Å². The van der Waals surface area contributed by atoms with Gasteiger partial charge in [0.15, 0.2) is 0 Å². The lowest BCUT2D eigenvalue weighted by molar-refractivity contribution is 0.726. The third-order valence-electron chi connectivity index (χ3n) is 1.49. The highest BCUT2D eigenvalue weighted by Crippen LogP contribution is 2.04. The number of nitrogens with one attached hydrogen (secondary N) is 1. The zero-order chi connectivity index (χ0) is 8.53. The molecule has 62 valence electrons. The largest absolute Gasteiger partial charge is 0.320 e. The first-order chi connectivity index (χ1) is 5.35. The Morgan fingerprint density at radius 1 is 1.45 bits per heavy atom. The number of allylic oxidation sites excluding steroid dienone is 4. The maximum Gasteiger partial charge on any atom is -0.00488 e. The van der Waals surface area contributed by atoms with Crippen LogP contribution in [0.5, 0.6) is 0 Å². The smallest absolute Gasteiger partial charge is 0.00488 e. The second-order valence-electron chi connectivity index (χ2n) is 2.39. The van der Waals surface area contributed by atoms with E-state index in [4.69, 9.17) is 0 Å². The average molecular weight is 151 g/mol. The normalized spacial score (nSPS) is 11.2. The molecule has 0 rings (SSSR count). The Bertz CT molecular complexity index is 145. The molecule has 0 aliphatic heterocycles. The second-order valence-corrected chi connectivity index (χ2v) is 2.39. The summed E-state index contributed by atoms with van der Waals surface area (Å²) in [5, 5.41) is 3.10. The molecular formula is C10H17N. The van der Waals surface area contributed by atoms with Gasteiger partial charge in [0.05, 0.1) is 0 Å². The van der Waals surface area contributed by atoms with E-state index in [9.17, 15) is 0 Å². The maximum atomic E-state index is 3.72. The van der Waals surface area contributed by atoms with Crippen LogP contribution in [0.2, 0.25) is 0 Å². The number of rotatable bonds is 6. The van der Waals surface area contributed by atoms with Crippen molar-refractivity contribution < 1.29 is 0 Å². The summed E-state index contributed by atoms with van der Waals surface area (Å²) in [5.74, 6) is 0. The van der Waals surface area contributed by atoms with Gasteiger partial charge in [-0.25, -0.2) is 0 Å². The molecular weight excluding hydrogens is 134 g/mol. The van der Waals surface area contributed by atoms with E-state index in [1.165, 1.54) is 5.57 Å². The summed E-state index contributed by atoms with van der Waals surface area (Å²) in [6.45, 7) is 8.42. The molecule has 1 heteroatoms. The van der Waals surface area contributed by atoms with E-state index >= 15 is 0 Å². The Hall–Kier alpha value is -0.820. The minimum absolute atomic E-state index is 1.06. The van der Waals surface area contributed by atoms with Crippen molar-refractivity contribution >= 4 is 0 Å². The van der Waals surface area contributed by atoms with Crippen molar-refractivity contribution in [1.82, 2.24) is 5.32 Å². The first-order valence-electron chi connectivity index (χ1n) is 3.93. The minimum Gasteiger partial charge on any atom is -0.320 e. The lowest BCUT2D eigenvalue weighted by Crippen LogP contribution is -2.07. The summed E-state index contributed by atoms with van der Waals surface area (Å²) in [4.78, 5) is 0. The fourth-order valence-corrected chi connectivity index (χ4v) is 0.874. The van der Waals surface area contributed by atoms with E-state index in [1.807, 2.05) is 19.2 Å². The summed E-state index contributed by atoms with van der Waals surface area (Å²) in [7, 11) is 1.96. The molecule has 0 aromatic heterocycles. The molecule has 0 saturated carbocycles. The monoisotopic (exact) mass is 151 g/mol. The van der Waals surface area contributed by atoms with E-state index in [2.05, 4.69) is 18.5 Å². The van der Waals surface area contributed by atoms with Gasteiger partial charge in [-0.3, -0.25) is 0 Å². The molecule has 0 heterocycles. The molecule has 0 amide bonds. The van der Waals surface area contributed by atoms with Crippen LogP contribution in [0.15, 0.2) is 37.0 Å². The Labute approximate surface area is 69.5 Å². The molecule has 0 fully saturated rings. The van der Waals surface area contributed by atoms with Gasteiger partial charge in [-0.2, -0.15) is 0 Å². The summed E-state index contributed by atoms with van der Waals surface area (Å²) in [6, 6.07) is 0. The lowest BCUT2D eigenvalue weighted by Gasteiger charge is -1.99. The summed E-state index contributed by atoms with van der Waals surface area (Å²) in [6.07, 6.45) is 7.93. The van der Waals surface area contributed by atoms with Crippen molar-refractivity contribution in [2.45, 2.75) is 12.8 Å². The standard InChI is InChI=1S/C10H17N/c1-4-7-10(5-2)8-6-9-11-3/h4-5,7,11H,1-2,6,8-9H2,3H3/b10-7+. The Morgan fingerprint density at radius 3 is 2.64 bits per heavy atom. The van der Waals surface area contributed by atoms with E-state index < -0.39 is 0 Å². The SMILES string of the molecule is C=C/C=C(\C=C)CCCNC. The third kappa shape index (κ3) is 5.62. The van der Waals surface area contributed by atoms with Gasteiger partial charge in [-0.1, -0.05) is 31.4 Å². The Morgan fingerprint density at radius 2 is 2.18 bits per heavy atom. The lowest BCUT2D eigenvalue weighted by atomic mass is 10.1. The molecule has 0 saturated heterocycles. The van der Waals surface area contributed by atoms with Crippen molar-refractivity contribution in [3.05, 3.63) is 37.0 Å². The van der Waals surface area contributed by atoms with Crippen LogP contribution in [-0.2, 0) is 0 Å². The van der Waals surface area contributed by atoms with Crippen LogP contribution < -0.4 is 5.32 Å². The predicted octanol–water partition coefficient (Wildman–Crippen LogP) is 2.28. The van der Waals surface area contributed by atoms with E-state index in [0.717, 1.165) is 19.4 Å². The zero-order valence-corrected chi connectivity index (χ0v) is 7.27. The second kappa shape index (κ2) is 7.29. The molecule has 0 radical (unpaired) electrons. The predicted molar refractivity (Wildman–Crippen MR) is 51.6 cm³/mol. The van der Waals surface area contributed by atoms with Crippen LogP contribution in [-0.4, -0.2) is 13.6 Å². The van der Waals surface area contributed by atoms with Crippen molar-refractivity contribution in [1.29, 1.82) is 0 Å². The molecule has 0 spiro atoms. The molecule has 0 unspecified atom stereocenters. The van der Waals surface area contributed by atoms with Gasteiger partial charge in [0.25, 0.3) is 0 Å². The van der Waals surface area contributed by atoms with E-state index in [-0.39, 0.29) is 0 Å². The van der Waals surface area contributed by atoms with Crippen LogP contribution in [0, 0.1) is 0 Å². The van der Waals surface area contributed by atoms with Gasteiger partial charge in [0, 0.05) is 0 Å². The minimum atomic E-state index is 1.06. The fraction of sp³-hybridized carbons (Fsp3) is 0.400. The quantitative estimate of drug-likeness (QED) is 0.453. The molecule has 0 aromatic rings. The topological polar surface area (TPSA) is 12.0 Å². The van der Waals surface area contributed by atoms with Gasteiger partial charge in [-0.15, -0.1) is 0 Å². The molecule has 11 heavy (non-hydrogen) atoms. The molecule has 0 aromatic carbocycles. The van der Waals surface area contributed by atoms with Crippen LogP contribution in [0.4, 0.5) is 0 Å². The van der Waals surface area contributed by atoms with Gasteiger partial charge in [-0.05, 0) is 32.0 Å². The van der Waals surface area contributed by atoms with Crippen molar-refractivity contribution in [3.63, 3.8) is 0 Å². The van der Waals surface area contributed by atoms with Gasteiger partial charge < -0.3 is 5.32 Å². The van der Waals surface area contributed by atoms with Gasteiger partial charge >= 0.3 is 0 Å². The maximum absolute atomic E-state index is 3.72.